The number of benzene rings is 1. The topological polar surface area (TPSA) is 0 Å². The highest BCUT2D eigenvalue weighted by Gasteiger charge is 2.30. The van der Waals surface area contributed by atoms with Gasteiger partial charge in [-0.25, -0.2) is 8.78 Å². The van der Waals surface area contributed by atoms with Crippen LogP contribution in [0.25, 0.3) is 0 Å². The fraction of sp³-hybridized carbons (Fsp3) is 0.636. The molecule has 0 heterocycles. The summed E-state index contributed by atoms with van der Waals surface area (Å²) in [7, 11) is 0. The summed E-state index contributed by atoms with van der Waals surface area (Å²) in [6, 6.07) is 3.90. The lowest BCUT2D eigenvalue weighted by Crippen LogP contribution is -2.25. The van der Waals surface area contributed by atoms with E-state index >= 15 is 0 Å². The van der Waals surface area contributed by atoms with Crippen LogP contribution in [0, 0.1) is 35.3 Å². The summed E-state index contributed by atoms with van der Waals surface area (Å²) < 4.78 is 26.6. The molecule has 25 heavy (non-hydrogen) atoms. The third-order valence-electron chi connectivity index (χ3n) is 6.48. The molecule has 0 bridgehead atoms. The van der Waals surface area contributed by atoms with Crippen molar-refractivity contribution in [2.24, 2.45) is 23.7 Å². The average Bonchev–Trinajstić information content (AvgIpc) is 2.61. The van der Waals surface area contributed by atoms with Gasteiger partial charge in [-0.1, -0.05) is 30.5 Å². The van der Waals surface area contributed by atoms with E-state index in [1.54, 1.807) is 5.54 Å². The predicted octanol–water partition coefficient (Wildman–Crippen LogP) is 7.26. The van der Waals surface area contributed by atoms with Crippen molar-refractivity contribution in [1.82, 2.24) is 0 Å². The average molecular weight is 367 g/mol. The molecule has 0 aromatic heterocycles. The maximum absolute atomic E-state index is 13.3. The van der Waals surface area contributed by atoms with Gasteiger partial charge in [0.15, 0.2) is 0 Å². The van der Waals surface area contributed by atoms with E-state index in [-0.39, 0.29) is 0 Å². The van der Waals surface area contributed by atoms with Crippen LogP contribution in [0.4, 0.5) is 8.78 Å². The highest BCUT2D eigenvalue weighted by Crippen LogP contribution is 2.42. The Morgan fingerprint density at radius 3 is 1.96 bits per heavy atom. The molecule has 0 nitrogen and oxygen atoms in total. The SMILES string of the molecule is Fc1cc(F)cc(CCC2CCC(C3CCC(C=CCl)CC3)CC2)c1. The summed E-state index contributed by atoms with van der Waals surface area (Å²) >= 11 is 5.71. The molecule has 0 amide bonds. The molecule has 0 atom stereocenters. The number of halogens is 3. The Kier molecular flexibility index (Phi) is 6.92. The van der Waals surface area contributed by atoms with Gasteiger partial charge in [0, 0.05) is 11.6 Å². The molecule has 2 fully saturated rings. The first-order valence-electron chi connectivity index (χ1n) is 9.86. The second kappa shape index (κ2) is 9.16. The van der Waals surface area contributed by atoms with Crippen LogP contribution < -0.4 is 0 Å². The van der Waals surface area contributed by atoms with Crippen LogP contribution in [-0.4, -0.2) is 0 Å². The highest BCUT2D eigenvalue weighted by atomic mass is 35.5. The summed E-state index contributed by atoms with van der Waals surface area (Å²) in [4.78, 5) is 0. The van der Waals surface area contributed by atoms with E-state index in [1.165, 1.54) is 63.5 Å². The van der Waals surface area contributed by atoms with Crippen LogP contribution in [0.15, 0.2) is 29.8 Å². The normalized spacial score (nSPS) is 30.7. The first kappa shape index (κ1) is 18.9. The third-order valence-corrected chi connectivity index (χ3v) is 6.63. The molecule has 0 radical (unpaired) electrons. The van der Waals surface area contributed by atoms with Gasteiger partial charge in [-0.05, 0) is 92.7 Å². The molecule has 3 rings (SSSR count). The van der Waals surface area contributed by atoms with E-state index in [9.17, 15) is 8.78 Å². The fourth-order valence-electron chi connectivity index (χ4n) is 4.99. The molecule has 1 aromatic rings. The van der Waals surface area contributed by atoms with Crippen LogP contribution >= 0.6 is 11.6 Å². The first-order valence-corrected chi connectivity index (χ1v) is 10.3. The van der Waals surface area contributed by atoms with Crippen molar-refractivity contribution in [3.63, 3.8) is 0 Å². The molecule has 2 saturated carbocycles. The third kappa shape index (κ3) is 5.54. The zero-order valence-electron chi connectivity index (χ0n) is 14.9. The molecule has 0 saturated heterocycles. The minimum atomic E-state index is -0.460. The van der Waals surface area contributed by atoms with Gasteiger partial charge in [0.25, 0.3) is 0 Å². The zero-order valence-corrected chi connectivity index (χ0v) is 15.7. The summed E-state index contributed by atoms with van der Waals surface area (Å²) in [5, 5.41) is 0. The predicted molar refractivity (Wildman–Crippen MR) is 101 cm³/mol. The van der Waals surface area contributed by atoms with E-state index in [0.29, 0.717) is 5.92 Å². The van der Waals surface area contributed by atoms with Crippen LogP contribution in [0.3, 0.4) is 0 Å². The van der Waals surface area contributed by atoms with Crippen molar-refractivity contribution in [3.8, 4) is 0 Å². The molecule has 0 spiro atoms. The fourth-order valence-corrected chi connectivity index (χ4v) is 5.19. The zero-order chi connectivity index (χ0) is 17.6. The smallest absolute Gasteiger partial charge is 0.126 e. The van der Waals surface area contributed by atoms with Crippen LogP contribution in [0.1, 0.15) is 63.4 Å². The number of aryl methyl sites for hydroxylation is 1. The molecular weight excluding hydrogens is 338 g/mol. The van der Waals surface area contributed by atoms with Crippen molar-refractivity contribution in [2.75, 3.05) is 0 Å². The van der Waals surface area contributed by atoms with Gasteiger partial charge in [-0.15, -0.1) is 0 Å². The molecular formula is C22H29ClF2. The Hall–Kier alpha value is -0.890. The van der Waals surface area contributed by atoms with Crippen LogP contribution in [0.2, 0.25) is 0 Å². The Morgan fingerprint density at radius 1 is 0.840 bits per heavy atom. The Morgan fingerprint density at radius 2 is 1.40 bits per heavy atom. The van der Waals surface area contributed by atoms with E-state index in [1.807, 2.05) is 0 Å². The van der Waals surface area contributed by atoms with Crippen molar-refractivity contribution >= 4 is 11.6 Å². The second-order valence-corrected chi connectivity index (χ2v) is 8.34. The largest absolute Gasteiger partial charge is 0.207 e. The van der Waals surface area contributed by atoms with Crippen molar-refractivity contribution < 1.29 is 8.78 Å². The van der Waals surface area contributed by atoms with Gasteiger partial charge in [-0.2, -0.15) is 0 Å². The molecule has 2 aliphatic rings. The lowest BCUT2D eigenvalue weighted by atomic mass is 9.68. The van der Waals surface area contributed by atoms with E-state index < -0.39 is 11.6 Å². The molecule has 0 aliphatic heterocycles. The Labute approximate surface area is 155 Å². The molecule has 0 unspecified atom stereocenters. The van der Waals surface area contributed by atoms with Crippen molar-refractivity contribution in [1.29, 1.82) is 0 Å². The minimum absolute atomic E-state index is 0.460. The lowest BCUT2D eigenvalue weighted by Gasteiger charge is -2.37. The van der Waals surface area contributed by atoms with E-state index in [4.69, 9.17) is 11.6 Å². The second-order valence-electron chi connectivity index (χ2n) is 8.09. The highest BCUT2D eigenvalue weighted by molar-refractivity contribution is 6.25. The Bertz CT molecular complexity index is 547. The van der Waals surface area contributed by atoms with Crippen molar-refractivity contribution in [3.05, 3.63) is 47.0 Å². The standard InChI is InChI=1S/C22H29ClF2/c23-12-11-17-5-9-20(10-6-17)19-7-3-16(4-8-19)1-2-18-13-21(24)15-22(25)14-18/h11-17,19-20H,1-10H2. The number of allylic oxidation sites excluding steroid dienone is 1. The van der Waals surface area contributed by atoms with Gasteiger partial charge in [0.2, 0.25) is 0 Å². The number of hydrogen-bond acceptors (Lipinski definition) is 0. The minimum Gasteiger partial charge on any atom is -0.207 e. The van der Waals surface area contributed by atoms with Gasteiger partial charge in [0.05, 0.1) is 0 Å². The van der Waals surface area contributed by atoms with Crippen LogP contribution in [0.5, 0.6) is 0 Å². The van der Waals surface area contributed by atoms with Gasteiger partial charge in [-0.3, -0.25) is 0 Å². The summed E-state index contributed by atoms with van der Waals surface area (Å²) in [6.07, 6.45) is 14.5. The van der Waals surface area contributed by atoms with E-state index in [0.717, 1.165) is 42.2 Å². The maximum Gasteiger partial charge on any atom is 0.126 e. The molecule has 3 heteroatoms. The summed E-state index contributed by atoms with van der Waals surface area (Å²) in [5.74, 6) is 2.29. The van der Waals surface area contributed by atoms with E-state index in [2.05, 4.69) is 6.08 Å². The van der Waals surface area contributed by atoms with Crippen molar-refractivity contribution in [2.45, 2.75) is 64.2 Å². The Balaban J connectivity index is 1.40. The summed E-state index contributed by atoms with van der Waals surface area (Å²) in [5.41, 5.74) is 2.48. The van der Waals surface area contributed by atoms with Gasteiger partial charge in [0.1, 0.15) is 11.6 Å². The monoisotopic (exact) mass is 366 g/mol. The molecule has 0 N–H and O–H groups in total. The van der Waals surface area contributed by atoms with Gasteiger partial charge < -0.3 is 0 Å². The number of hydrogen-bond donors (Lipinski definition) is 0. The maximum atomic E-state index is 13.3. The molecule has 138 valence electrons. The van der Waals surface area contributed by atoms with Crippen LogP contribution in [-0.2, 0) is 6.42 Å². The lowest BCUT2D eigenvalue weighted by molar-refractivity contribution is 0.153. The first-order chi connectivity index (χ1) is 12.1. The number of rotatable bonds is 5. The quantitative estimate of drug-likeness (QED) is 0.514. The molecule has 2 aliphatic carbocycles. The molecule has 1 aromatic carbocycles. The summed E-state index contributed by atoms with van der Waals surface area (Å²) in [6.45, 7) is 0. The van der Waals surface area contributed by atoms with Gasteiger partial charge >= 0.3 is 0 Å².